The van der Waals surface area contributed by atoms with E-state index >= 15 is 0 Å². The van der Waals surface area contributed by atoms with E-state index in [0.717, 1.165) is 22.0 Å². The van der Waals surface area contributed by atoms with Gasteiger partial charge in [-0.3, -0.25) is 4.98 Å². The maximum atomic E-state index is 6.56. The van der Waals surface area contributed by atoms with E-state index in [4.69, 9.17) is 5.73 Å². The first-order chi connectivity index (χ1) is 8.16. The van der Waals surface area contributed by atoms with Crippen molar-refractivity contribution < 1.29 is 0 Å². The van der Waals surface area contributed by atoms with Gasteiger partial charge in [0.05, 0.1) is 5.54 Å². The molecule has 0 fully saturated rings. The summed E-state index contributed by atoms with van der Waals surface area (Å²) in [5.74, 6) is 0. The van der Waals surface area contributed by atoms with Crippen molar-refractivity contribution >= 4 is 15.9 Å². The standard InChI is InChI=1S/C14H15BrN2/c1-2-14(16,11-6-8-17-9-7-11)12-4-3-5-13(15)10-12/h3-10H,2,16H2,1H3. The molecule has 0 aliphatic carbocycles. The Morgan fingerprint density at radius 2 is 1.88 bits per heavy atom. The maximum Gasteiger partial charge on any atom is 0.0664 e. The van der Waals surface area contributed by atoms with Crippen LogP contribution in [-0.2, 0) is 5.54 Å². The van der Waals surface area contributed by atoms with Crippen LogP contribution in [0.5, 0.6) is 0 Å². The molecule has 0 spiro atoms. The number of aromatic nitrogens is 1. The van der Waals surface area contributed by atoms with Crippen molar-refractivity contribution in [3.8, 4) is 0 Å². The monoisotopic (exact) mass is 290 g/mol. The highest BCUT2D eigenvalue weighted by atomic mass is 79.9. The fourth-order valence-electron chi connectivity index (χ4n) is 1.99. The molecule has 1 heterocycles. The average molecular weight is 291 g/mol. The largest absolute Gasteiger partial charge is 0.318 e. The molecule has 0 aliphatic rings. The number of pyridine rings is 1. The van der Waals surface area contributed by atoms with Gasteiger partial charge in [0.15, 0.2) is 0 Å². The van der Waals surface area contributed by atoms with Gasteiger partial charge in [-0.25, -0.2) is 0 Å². The van der Waals surface area contributed by atoms with Crippen LogP contribution in [0.25, 0.3) is 0 Å². The topological polar surface area (TPSA) is 38.9 Å². The van der Waals surface area contributed by atoms with Gasteiger partial charge in [-0.15, -0.1) is 0 Å². The zero-order chi connectivity index (χ0) is 12.3. The minimum Gasteiger partial charge on any atom is -0.318 e. The minimum atomic E-state index is -0.452. The molecule has 0 saturated heterocycles. The van der Waals surface area contributed by atoms with Crippen molar-refractivity contribution in [3.63, 3.8) is 0 Å². The highest BCUT2D eigenvalue weighted by Crippen LogP contribution is 2.31. The summed E-state index contributed by atoms with van der Waals surface area (Å²) < 4.78 is 1.05. The summed E-state index contributed by atoms with van der Waals surface area (Å²) in [6.07, 6.45) is 4.41. The zero-order valence-corrected chi connectivity index (χ0v) is 11.3. The SMILES string of the molecule is CCC(N)(c1ccncc1)c1cccc(Br)c1. The van der Waals surface area contributed by atoms with Crippen LogP contribution in [-0.4, -0.2) is 4.98 Å². The smallest absolute Gasteiger partial charge is 0.0664 e. The van der Waals surface area contributed by atoms with E-state index in [1.165, 1.54) is 0 Å². The van der Waals surface area contributed by atoms with Gasteiger partial charge in [0.2, 0.25) is 0 Å². The molecule has 0 bridgehead atoms. The van der Waals surface area contributed by atoms with Crippen LogP contribution in [0.4, 0.5) is 0 Å². The third-order valence-corrected chi connectivity index (χ3v) is 3.59. The second-order valence-electron chi connectivity index (χ2n) is 4.07. The number of hydrogen-bond donors (Lipinski definition) is 1. The first kappa shape index (κ1) is 12.3. The van der Waals surface area contributed by atoms with E-state index in [-0.39, 0.29) is 0 Å². The number of benzene rings is 1. The van der Waals surface area contributed by atoms with E-state index in [1.54, 1.807) is 12.4 Å². The van der Waals surface area contributed by atoms with Crippen LogP contribution in [0.15, 0.2) is 53.3 Å². The van der Waals surface area contributed by atoms with Crippen LogP contribution in [0.1, 0.15) is 24.5 Å². The summed E-state index contributed by atoms with van der Waals surface area (Å²) in [5.41, 5.74) is 8.31. The molecular weight excluding hydrogens is 276 g/mol. The van der Waals surface area contributed by atoms with E-state index in [1.807, 2.05) is 24.3 Å². The van der Waals surface area contributed by atoms with Gasteiger partial charge in [0.25, 0.3) is 0 Å². The molecule has 0 aliphatic heterocycles. The molecule has 3 heteroatoms. The van der Waals surface area contributed by atoms with E-state index in [2.05, 4.69) is 40.0 Å². The normalized spacial score (nSPS) is 14.3. The first-order valence-electron chi connectivity index (χ1n) is 5.62. The molecule has 1 atom stereocenters. The molecule has 0 amide bonds. The summed E-state index contributed by atoms with van der Waals surface area (Å²) in [6, 6.07) is 12.1. The van der Waals surface area contributed by atoms with Crippen molar-refractivity contribution in [1.82, 2.24) is 4.98 Å². The summed E-state index contributed by atoms with van der Waals surface area (Å²) in [4.78, 5) is 4.04. The Morgan fingerprint density at radius 3 is 2.47 bits per heavy atom. The highest BCUT2D eigenvalue weighted by molar-refractivity contribution is 9.10. The van der Waals surface area contributed by atoms with Gasteiger partial charge >= 0.3 is 0 Å². The summed E-state index contributed by atoms with van der Waals surface area (Å²) in [7, 11) is 0. The molecule has 0 radical (unpaired) electrons. The van der Waals surface area contributed by atoms with E-state index < -0.39 is 5.54 Å². The second-order valence-corrected chi connectivity index (χ2v) is 4.99. The fourth-order valence-corrected chi connectivity index (χ4v) is 2.39. The summed E-state index contributed by atoms with van der Waals surface area (Å²) in [5, 5.41) is 0. The van der Waals surface area contributed by atoms with Gasteiger partial charge in [-0.1, -0.05) is 35.0 Å². The lowest BCUT2D eigenvalue weighted by Crippen LogP contribution is -2.37. The minimum absolute atomic E-state index is 0.452. The number of nitrogens with two attached hydrogens (primary N) is 1. The molecule has 17 heavy (non-hydrogen) atoms. The predicted molar refractivity (Wildman–Crippen MR) is 73.6 cm³/mol. The number of nitrogens with zero attached hydrogens (tertiary/aromatic N) is 1. The highest BCUT2D eigenvalue weighted by Gasteiger charge is 2.27. The maximum absolute atomic E-state index is 6.56. The molecule has 2 nitrogen and oxygen atoms in total. The Balaban J connectivity index is 2.52. The Hall–Kier alpha value is -1.19. The average Bonchev–Trinajstić information content (AvgIpc) is 2.39. The molecule has 88 valence electrons. The van der Waals surface area contributed by atoms with Gasteiger partial charge in [-0.2, -0.15) is 0 Å². The number of halogens is 1. The van der Waals surface area contributed by atoms with Crippen molar-refractivity contribution in [1.29, 1.82) is 0 Å². The lowest BCUT2D eigenvalue weighted by molar-refractivity contribution is 0.518. The quantitative estimate of drug-likeness (QED) is 0.940. The molecule has 0 saturated carbocycles. The Kier molecular flexibility index (Phi) is 3.60. The van der Waals surface area contributed by atoms with Crippen LogP contribution in [0.2, 0.25) is 0 Å². The molecule has 1 unspecified atom stereocenters. The summed E-state index contributed by atoms with van der Waals surface area (Å²) >= 11 is 3.49. The van der Waals surface area contributed by atoms with Crippen LogP contribution in [0, 0.1) is 0 Å². The summed E-state index contributed by atoms with van der Waals surface area (Å²) in [6.45, 7) is 2.10. The third kappa shape index (κ3) is 2.40. The van der Waals surface area contributed by atoms with Gasteiger partial charge in [-0.05, 0) is 41.8 Å². The van der Waals surface area contributed by atoms with Crippen LogP contribution >= 0.6 is 15.9 Å². The van der Waals surface area contributed by atoms with Crippen molar-refractivity contribution in [2.24, 2.45) is 5.73 Å². The third-order valence-electron chi connectivity index (χ3n) is 3.09. The lowest BCUT2D eigenvalue weighted by atomic mass is 9.82. The van der Waals surface area contributed by atoms with Crippen molar-refractivity contribution in [3.05, 3.63) is 64.4 Å². The second kappa shape index (κ2) is 4.98. The lowest BCUT2D eigenvalue weighted by Gasteiger charge is -2.29. The molecule has 1 aromatic heterocycles. The molecule has 2 aromatic rings. The molecule has 2 N–H and O–H groups in total. The Bertz CT molecular complexity index is 499. The zero-order valence-electron chi connectivity index (χ0n) is 9.73. The van der Waals surface area contributed by atoms with Gasteiger partial charge in [0.1, 0.15) is 0 Å². The Labute approximate surface area is 110 Å². The number of hydrogen-bond acceptors (Lipinski definition) is 2. The molecular formula is C14H15BrN2. The van der Waals surface area contributed by atoms with Crippen LogP contribution < -0.4 is 5.73 Å². The predicted octanol–water partition coefficient (Wildman–Crippen LogP) is 3.46. The van der Waals surface area contributed by atoms with Crippen molar-refractivity contribution in [2.75, 3.05) is 0 Å². The van der Waals surface area contributed by atoms with E-state index in [0.29, 0.717) is 0 Å². The van der Waals surface area contributed by atoms with Crippen LogP contribution in [0.3, 0.4) is 0 Å². The van der Waals surface area contributed by atoms with E-state index in [9.17, 15) is 0 Å². The van der Waals surface area contributed by atoms with Crippen molar-refractivity contribution in [2.45, 2.75) is 18.9 Å². The van der Waals surface area contributed by atoms with Gasteiger partial charge in [0, 0.05) is 16.9 Å². The fraction of sp³-hybridized carbons (Fsp3) is 0.214. The Morgan fingerprint density at radius 1 is 1.18 bits per heavy atom. The molecule has 2 rings (SSSR count). The molecule has 1 aromatic carbocycles. The van der Waals surface area contributed by atoms with Gasteiger partial charge < -0.3 is 5.73 Å². The number of rotatable bonds is 3. The first-order valence-corrected chi connectivity index (χ1v) is 6.41.